The summed E-state index contributed by atoms with van der Waals surface area (Å²) in [6, 6.07) is 1.33. The number of aryl methyl sites for hydroxylation is 1. The summed E-state index contributed by atoms with van der Waals surface area (Å²) >= 11 is 0. The van der Waals surface area contributed by atoms with Crippen molar-refractivity contribution in [3.05, 3.63) is 23.7 Å². The fraction of sp³-hybridized carbons (Fsp3) is 0.562. The Bertz CT molecular complexity index is 698. The number of ether oxygens (including phenoxy) is 1. The van der Waals surface area contributed by atoms with Gasteiger partial charge in [0.1, 0.15) is 5.69 Å². The molecule has 1 N–H and O–H groups in total. The van der Waals surface area contributed by atoms with Crippen molar-refractivity contribution in [1.82, 2.24) is 19.7 Å². The van der Waals surface area contributed by atoms with Crippen molar-refractivity contribution in [3.63, 3.8) is 0 Å². The van der Waals surface area contributed by atoms with Crippen LogP contribution in [-0.4, -0.2) is 39.0 Å². The average Bonchev–Trinajstić information content (AvgIpc) is 3.22. The molecule has 0 spiro atoms. The van der Waals surface area contributed by atoms with E-state index < -0.39 is 6.43 Å². The second-order valence-electron chi connectivity index (χ2n) is 5.78. The summed E-state index contributed by atoms with van der Waals surface area (Å²) in [6.07, 6.45) is 1.05. The molecule has 0 aliphatic carbocycles. The van der Waals surface area contributed by atoms with E-state index in [4.69, 9.17) is 4.74 Å². The van der Waals surface area contributed by atoms with E-state index in [2.05, 4.69) is 20.4 Å². The maximum atomic E-state index is 13.2. The number of alkyl halides is 2. The molecule has 2 aromatic heterocycles. The lowest BCUT2D eigenvalue weighted by molar-refractivity contribution is 0.120. The zero-order valence-electron chi connectivity index (χ0n) is 13.8. The molecule has 3 rings (SSSR count). The predicted molar refractivity (Wildman–Crippen MR) is 86.1 cm³/mol. The second-order valence-corrected chi connectivity index (χ2v) is 5.78. The molecular formula is C16H21F2N5O. The van der Waals surface area contributed by atoms with E-state index in [-0.39, 0.29) is 17.7 Å². The number of anilines is 1. The topological polar surface area (TPSA) is 64.9 Å². The molecule has 1 fully saturated rings. The van der Waals surface area contributed by atoms with Crippen molar-refractivity contribution in [1.29, 1.82) is 0 Å². The van der Waals surface area contributed by atoms with Gasteiger partial charge in [0.05, 0.1) is 18.0 Å². The van der Waals surface area contributed by atoms with Gasteiger partial charge in [-0.25, -0.2) is 18.7 Å². The molecule has 1 aliphatic rings. The molecule has 1 aliphatic heterocycles. The second kappa shape index (κ2) is 7.21. The molecule has 0 unspecified atom stereocenters. The van der Waals surface area contributed by atoms with Crippen molar-refractivity contribution in [2.45, 2.75) is 45.8 Å². The summed E-state index contributed by atoms with van der Waals surface area (Å²) in [5, 5.41) is 7.28. The monoisotopic (exact) mass is 337 g/mol. The number of nitrogens with zero attached hydrogens (tertiary/aromatic N) is 4. The minimum Gasteiger partial charge on any atom is -0.376 e. The normalized spacial score (nSPS) is 17.6. The number of hydrogen-bond donors (Lipinski definition) is 1. The Morgan fingerprint density at radius 3 is 2.88 bits per heavy atom. The summed E-state index contributed by atoms with van der Waals surface area (Å²) in [6.45, 7) is 5.84. The highest BCUT2D eigenvalue weighted by atomic mass is 19.3. The first-order valence-electron chi connectivity index (χ1n) is 8.14. The van der Waals surface area contributed by atoms with Crippen LogP contribution in [0.3, 0.4) is 0 Å². The number of rotatable bonds is 6. The Morgan fingerprint density at radius 1 is 1.42 bits per heavy atom. The fourth-order valence-electron chi connectivity index (χ4n) is 2.82. The number of nitrogens with one attached hydrogen (secondary N) is 1. The van der Waals surface area contributed by atoms with E-state index >= 15 is 0 Å². The molecule has 130 valence electrons. The third kappa shape index (κ3) is 3.53. The Labute approximate surface area is 139 Å². The summed E-state index contributed by atoms with van der Waals surface area (Å²) in [7, 11) is 0. The van der Waals surface area contributed by atoms with Gasteiger partial charge in [-0.05, 0) is 32.8 Å². The van der Waals surface area contributed by atoms with Crippen LogP contribution in [0.25, 0.3) is 11.3 Å². The molecule has 0 bridgehead atoms. The molecule has 1 atom stereocenters. The van der Waals surface area contributed by atoms with Crippen molar-refractivity contribution >= 4 is 5.95 Å². The van der Waals surface area contributed by atoms with E-state index in [1.807, 2.05) is 13.8 Å². The van der Waals surface area contributed by atoms with E-state index in [1.165, 1.54) is 6.07 Å². The minimum absolute atomic E-state index is 0.0804. The highest BCUT2D eigenvalue weighted by Gasteiger charge is 2.19. The summed E-state index contributed by atoms with van der Waals surface area (Å²) in [4.78, 5) is 8.31. The highest BCUT2D eigenvalue weighted by molar-refractivity contribution is 5.62. The largest absolute Gasteiger partial charge is 0.376 e. The molecule has 0 aromatic carbocycles. The van der Waals surface area contributed by atoms with E-state index in [9.17, 15) is 8.78 Å². The zero-order chi connectivity index (χ0) is 17.1. The first-order chi connectivity index (χ1) is 11.6. The van der Waals surface area contributed by atoms with Crippen LogP contribution in [0.2, 0.25) is 0 Å². The molecule has 8 heteroatoms. The van der Waals surface area contributed by atoms with Crippen LogP contribution in [0.1, 0.15) is 37.6 Å². The van der Waals surface area contributed by atoms with Crippen molar-refractivity contribution < 1.29 is 13.5 Å². The summed E-state index contributed by atoms with van der Waals surface area (Å²) in [5.74, 6) is 0.196. The van der Waals surface area contributed by atoms with Gasteiger partial charge in [-0.15, -0.1) is 0 Å². The summed E-state index contributed by atoms with van der Waals surface area (Å²) in [5.41, 5.74) is 1.79. The molecular weight excluding hydrogens is 316 g/mol. The van der Waals surface area contributed by atoms with Crippen LogP contribution in [-0.2, 0) is 11.3 Å². The van der Waals surface area contributed by atoms with Crippen LogP contribution in [0, 0.1) is 6.92 Å². The molecule has 3 heterocycles. The lowest BCUT2D eigenvalue weighted by atomic mass is 10.1. The standard InChI is InChI=1S/C16H21F2N5O/c1-3-23-10(2)12(9-20-23)13-7-14(15(17)18)22-16(21-13)19-8-11-5-4-6-24-11/h7,9,11,15H,3-6,8H2,1-2H3,(H,19,21,22)/t11-/m1/s1. The number of hydrogen-bond acceptors (Lipinski definition) is 5. The van der Waals surface area contributed by atoms with Gasteiger partial charge >= 0.3 is 0 Å². The van der Waals surface area contributed by atoms with Crippen LogP contribution in [0.5, 0.6) is 0 Å². The Hall–Kier alpha value is -2.09. The van der Waals surface area contributed by atoms with Crippen LogP contribution < -0.4 is 5.32 Å². The smallest absolute Gasteiger partial charge is 0.280 e. The number of aromatic nitrogens is 4. The molecule has 0 saturated carbocycles. The van der Waals surface area contributed by atoms with Crippen LogP contribution >= 0.6 is 0 Å². The first-order valence-corrected chi connectivity index (χ1v) is 8.14. The molecule has 6 nitrogen and oxygen atoms in total. The third-order valence-corrected chi connectivity index (χ3v) is 4.16. The predicted octanol–water partition coefficient (Wildman–Crippen LogP) is 3.20. The van der Waals surface area contributed by atoms with E-state index in [0.29, 0.717) is 18.8 Å². The lowest BCUT2D eigenvalue weighted by Crippen LogP contribution is -2.20. The van der Waals surface area contributed by atoms with Crippen molar-refractivity contribution in [3.8, 4) is 11.3 Å². The quantitative estimate of drug-likeness (QED) is 0.877. The van der Waals surface area contributed by atoms with E-state index in [0.717, 1.165) is 30.7 Å². The van der Waals surface area contributed by atoms with Gasteiger partial charge in [0.2, 0.25) is 5.95 Å². The van der Waals surface area contributed by atoms with Gasteiger partial charge in [0, 0.05) is 31.0 Å². The van der Waals surface area contributed by atoms with Gasteiger partial charge in [-0.3, -0.25) is 4.68 Å². The maximum Gasteiger partial charge on any atom is 0.280 e. The van der Waals surface area contributed by atoms with E-state index in [1.54, 1.807) is 10.9 Å². The van der Waals surface area contributed by atoms with Crippen LogP contribution in [0.4, 0.5) is 14.7 Å². The van der Waals surface area contributed by atoms with Gasteiger partial charge in [-0.1, -0.05) is 0 Å². The van der Waals surface area contributed by atoms with Crippen molar-refractivity contribution in [2.24, 2.45) is 0 Å². The number of halogens is 2. The maximum absolute atomic E-state index is 13.2. The van der Waals surface area contributed by atoms with Gasteiger partial charge in [0.15, 0.2) is 0 Å². The summed E-state index contributed by atoms with van der Waals surface area (Å²) < 4.78 is 33.7. The average molecular weight is 337 g/mol. The molecule has 24 heavy (non-hydrogen) atoms. The molecule has 0 radical (unpaired) electrons. The SMILES string of the molecule is CCn1ncc(-c2cc(C(F)F)nc(NC[C@H]3CCCO3)n2)c1C. The molecule has 2 aromatic rings. The first kappa shape index (κ1) is 16.8. The van der Waals surface area contributed by atoms with Gasteiger partial charge < -0.3 is 10.1 Å². The lowest BCUT2D eigenvalue weighted by Gasteiger charge is -2.12. The highest BCUT2D eigenvalue weighted by Crippen LogP contribution is 2.27. The molecule has 0 amide bonds. The van der Waals surface area contributed by atoms with Crippen LogP contribution in [0.15, 0.2) is 12.3 Å². The Kier molecular flexibility index (Phi) is 5.03. The molecule has 1 saturated heterocycles. The van der Waals surface area contributed by atoms with Gasteiger partial charge in [-0.2, -0.15) is 5.10 Å². The zero-order valence-corrected chi connectivity index (χ0v) is 13.8. The van der Waals surface area contributed by atoms with Gasteiger partial charge in [0.25, 0.3) is 6.43 Å². The Morgan fingerprint density at radius 2 is 2.25 bits per heavy atom. The fourth-order valence-corrected chi connectivity index (χ4v) is 2.82. The Balaban J connectivity index is 1.88. The minimum atomic E-state index is -2.66. The van der Waals surface area contributed by atoms with Crippen molar-refractivity contribution in [2.75, 3.05) is 18.5 Å². The third-order valence-electron chi connectivity index (χ3n) is 4.16.